The molecule has 0 radical (unpaired) electrons. The summed E-state index contributed by atoms with van der Waals surface area (Å²) in [6.45, 7) is 4.20. The van der Waals surface area contributed by atoms with Gasteiger partial charge >= 0.3 is 0 Å². The molecule has 0 unspecified atom stereocenters. The molecule has 0 aliphatic heterocycles. The molecule has 2 aromatic rings. The first-order valence-electron chi connectivity index (χ1n) is 6.96. The Labute approximate surface area is 134 Å². The lowest BCUT2D eigenvalue weighted by Gasteiger charge is -2.17. The fraction of sp³-hybridized carbons (Fsp3) is 0.312. The molecular weight excluding hydrogens is 302 g/mol. The number of halogens is 1. The largest absolute Gasteiger partial charge is 0.297 e. The van der Waals surface area contributed by atoms with Gasteiger partial charge in [0.05, 0.1) is 11.2 Å². The smallest absolute Gasteiger partial charge is 0.266 e. The maximum Gasteiger partial charge on any atom is 0.297 e. The van der Waals surface area contributed by atoms with E-state index >= 15 is 0 Å². The third kappa shape index (κ3) is 4.02. The SMILES string of the molecule is CC(C)c1ncc(Cl)c(C(=O)N(C)OCc2ccccc2)n1. The van der Waals surface area contributed by atoms with Gasteiger partial charge in [0, 0.05) is 13.0 Å². The van der Waals surface area contributed by atoms with E-state index in [1.807, 2.05) is 44.2 Å². The molecule has 1 amide bonds. The summed E-state index contributed by atoms with van der Waals surface area (Å²) < 4.78 is 0. The zero-order valence-corrected chi connectivity index (χ0v) is 13.5. The number of aromatic nitrogens is 2. The van der Waals surface area contributed by atoms with Crippen molar-refractivity contribution in [1.29, 1.82) is 0 Å². The Balaban J connectivity index is 2.08. The molecule has 0 fully saturated rings. The van der Waals surface area contributed by atoms with Gasteiger partial charge in [-0.2, -0.15) is 0 Å². The van der Waals surface area contributed by atoms with Crippen LogP contribution in [0.1, 0.15) is 41.6 Å². The second-order valence-electron chi connectivity index (χ2n) is 5.14. The van der Waals surface area contributed by atoms with Crippen molar-refractivity contribution in [2.24, 2.45) is 0 Å². The van der Waals surface area contributed by atoms with Crippen LogP contribution in [0.4, 0.5) is 0 Å². The lowest BCUT2D eigenvalue weighted by molar-refractivity contribution is -0.116. The number of rotatable bonds is 5. The minimum atomic E-state index is -0.398. The number of hydrogen-bond acceptors (Lipinski definition) is 4. The molecule has 1 heterocycles. The summed E-state index contributed by atoms with van der Waals surface area (Å²) >= 11 is 6.03. The van der Waals surface area contributed by atoms with Crippen LogP contribution < -0.4 is 0 Å². The molecule has 0 spiro atoms. The number of hydrogen-bond donors (Lipinski definition) is 0. The van der Waals surface area contributed by atoms with Gasteiger partial charge in [0.1, 0.15) is 12.4 Å². The van der Waals surface area contributed by atoms with Crippen LogP contribution >= 0.6 is 11.6 Å². The molecule has 22 heavy (non-hydrogen) atoms. The van der Waals surface area contributed by atoms with Gasteiger partial charge in [-0.3, -0.25) is 9.63 Å². The third-order valence-corrected chi connectivity index (χ3v) is 3.31. The van der Waals surface area contributed by atoms with Crippen molar-refractivity contribution in [2.75, 3.05) is 7.05 Å². The quantitative estimate of drug-likeness (QED) is 0.792. The van der Waals surface area contributed by atoms with E-state index in [9.17, 15) is 4.79 Å². The van der Waals surface area contributed by atoms with Crippen LogP contribution in [0.5, 0.6) is 0 Å². The van der Waals surface area contributed by atoms with Crippen LogP contribution in [0, 0.1) is 0 Å². The van der Waals surface area contributed by atoms with E-state index in [1.165, 1.54) is 6.20 Å². The van der Waals surface area contributed by atoms with Crippen molar-refractivity contribution in [1.82, 2.24) is 15.0 Å². The van der Waals surface area contributed by atoms with Crippen LogP contribution in [0.3, 0.4) is 0 Å². The molecule has 1 aromatic heterocycles. The highest BCUT2D eigenvalue weighted by atomic mass is 35.5. The average molecular weight is 320 g/mol. The molecule has 2 rings (SSSR count). The van der Waals surface area contributed by atoms with Crippen molar-refractivity contribution in [3.8, 4) is 0 Å². The van der Waals surface area contributed by atoms with Crippen molar-refractivity contribution >= 4 is 17.5 Å². The fourth-order valence-corrected chi connectivity index (χ4v) is 1.93. The molecule has 0 bridgehead atoms. The van der Waals surface area contributed by atoms with Gasteiger partial charge in [-0.05, 0) is 5.56 Å². The second-order valence-corrected chi connectivity index (χ2v) is 5.55. The predicted octanol–water partition coefficient (Wildman–Crippen LogP) is 3.46. The Morgan fingerprint density at radius 3 is 2.64 bits per heavy atom. The molecule has 0 N–H and O–H groups in total. The van der Waals surface area contributed by atoms with Crippen molar-refractivity contribution in [3.63, 3.8) is 0 Å². The van der Waals surface area contributed by atoms with E-state index in [0.29, 0.717) is 12.4 Å². The highest BCUT2D eigenvalue weighted by Crippen LogP contribution is 2.18. The van der Waals surface area contributed by atoms with Gasteiger partial charge in [-0.1, -0.05) is 55.8 Å². The van der Waals surface area contributed by atoms with E-state index in [4.69, 9.17) is 16.4 Å². The zero-order chi connectivity index (χ0) is 16.1. The number of carbonyl (C=O) groups excluding carboxylic acids is 1. The summed E-state index contributed by atoms with van der Waals surface area (Å²) in [4.78, 5) is 26.2. The maximum atomic E-state index is 12.4. The highest BCUT2D eigenvalue weighted by molar-refractivity contribution is 6.33. The third-order valence-electron chi connectivity index (χ3n) is 3.04. The number of nitrogens with zero attached hydrogens (tertiary/aromatic N) is 3. The van der Waals surface area contributed by atoms with Gasteiger partial charge in [-0.15, -0.1) is 0 Å². The van der Waals surface area contributed by atoms with E-state index in [0.717, 1.165) is 10.6 Å². The standard InChI is InChI=1S/C16H18ClN3O2/c1-11(2)15-18-9-13(17)14(19-15)16(21)20(3)22-10-12-7-5-4-6-8-12/h4-9,11H,10H2,1-3H3. The molecule has 0 aliphatic rings. The van der Waals surface area contributed by atoms with Gasteiger partial charge in [0.2, 0.25) is 0 Å². The van der Waals surface area contributed by atoms with Gasteiger partial charge in [0.25, 0.3) is 5.91 Å². The van der Waals surface area contributed by atoms with Crippen LogP contribution in [0.25, 0.3) is 0 Å². The summed E-state index contributed by atoms with van der Waals surface area (Å²) in [7, 11) is 1.54. The highest BCUT2D eigenvalue weighted by Gasteiger charge is 2.20. The Bertz CT molecular complexity index is 647. The van der Waals surface area contributed by atoms with E-state index < -0.39 is 5.91 Å². The summed E-state index contributed by atoms with van der Waals surface area (Å²) in [5, 5.41) is 1.36. The van der Waals surface area contributed by atoms with Gasteiger partial charge in [-0.25, -0.2) is 15.0 Å². The first-order valence-corrected chi connectivity index (χ1v) is 7.34. The Kier molecular flexibility index (Phi) is 5.46. The van der Waals surface area contributed by atoms with Crippen LogP contribution in [-0.2, 0) is 11.4 Å². The molecule has 116 valence electrons. The lowest BCUT2D eigenvalue weighted by Crippen LogP contribution is -2.28. The normalized spacial score (nSPS) is 10.8. The number of benzene rings is 1. The van der Waals surface area contributed by atoms with Gasteiger partial charge < -0.3 is 0 Å². The molecule has 0 saturated heterocycles. The molecule has 0 atom stereocenters. The van der Waals surface area contributed by atoms with Crippen molar-refractivity contribution in [3.05, 3.63) is 58.6 Å². The Morgan fingerprint density at radius 2 is 2.00 bits per heavy atom. The van der Waals surface area contributed by atoms with Crippen molar-refractivity contribution in [2.45, 2.75) is 26.4 Å². The first-order chi connectivity index (χ1) is 10.5. The van der Waals surface area contributed by atoms with E-state index in [1.54, 1.807) is 7.05 Å². The minimum Gasteiger partial charge on any atom is -0.266 e. The summed E-state index contributed by atoms with van der Waals surface area (Å²) in [6.07, 6.45) is 1.45. The lowest BCUT2D eigenvalue weighted by atomic mass is 10.2. The fourth-order valence-electron chi connectivity index (χ4n) is 1.76. The zero-order valence-electron chi connectivity index (χ0n) is 12.8. The molecule has 6 heteroatoms. The predicted molar refractivity (Wildman–Crippen MR) is 84.5 cm³/mol. The monoisotopic (exact) mass is 319 g/mol. The molecule has 5 nitrogen and oxygen atoms in total. The molecular formula is C16H18ClN3O2. The van der Waals surface area contributed by atoms with Crippen LogP contribution in [-0.4, -0.2) is 28.0 Å². The second kappa shape index (κ2) is 7.33. The topological polar surface area (TPSA) is 55.3 Å². The summed E-state index contributed by atoms with van der Waals surface area (Å²) in [5.74, 6) is 0.286. The van der Waals surface area contributed by atoms with Crippen LogP contribution in [0.15, 0.2) is 36.5 Å². The minimum absolute atomic E-state index is 0.111. The summed E-state index contributed by atoms with van der Waals surface area (Å²) in [6, 6.07) is 9.60. The molecule has 0 saturated carbocycles. The maximum absolute atomic E-state index is 12.4. The number of carbonyl (C=O) groups is 1. The number of hydroxylamine groups is 2. The molecule has 0 aliphatic carbocycles. The van der Waals surface area contributed by atoms with E-state index in [-0.39, 0.29) is 16.6 Å². The average Bonchev–Trinajstić information content (AvgIpc) is 2.53. The summed E-state index contributed by atoms with van der Waals surface area (Å²) in [5.41, 5.74) is 1.12. The van der Waals surface area contributed by atoms with Gasteiger partial charge in [0.15, 0.2) is 5.69 Å². The van der Waals surface area contributed by atoms with Crippen LogP contribution in [0.2, 0.25) is 5.02 Å². The first kappa shape index (κ1) is 16.4. The van der Waals surface area contributed by atoms with Crippen molar-refractivity contribution < 1.29 is 9.63 Å². The van der Waals surface area contributed by atoms with E-state index in [2.05, 4.69) is 9.97 Å². The number of amides is 1. The Morgan fingerprint density at radius 1 is 1.32 bits per heavy atom. The Hall–Kier alpha value is -1.98. The molecule has 1 aromatic carbocycles.